The number of benzene rings is 1. The predicted molar refractivity (Wildman–Crippen MR) is 95.0 cm³/mol. The van der Waals surface area contributed by atoms with Crippen molar-refractivity contribution in [2.75, 3.05) is 0 Å². The number of carbonyl (C=O) groups excluding carboxylic acids is 1. The Labute approximate surface area is 145 Å². The number of nitrogens with one attached hydrogen (secondary N) is 1. The molecule has 0 aliphatic heterocycles. The third-order valence-electron chi connectivity index (χ3n) is 4.05. The van der Waals surface area contributed by atoms with Crippen LogP contribution >= 0.6 is 11.3 Å². The molecule has 0 radical (unpaired) electrons. The van der Waals surface area contributed by atoms with Gasteiger partial charge in [0.15, 0.2) is 0 Å². The Morgan fingerprint density at radius 2 is 2.00 bits per heavy atom. The molecule has 3 rings (SSSR count). The lowest BCUT2D eigenvalue weighted by Crippen LogP contribution is -2.29. The second-order valence-electron chi connectivity index (χ2n) is 5.73. The molecule has 0 spiro atoms. The van der Waals surface area contributed by atoms with E-state index in [9.17, 15) is 4.79 Å². The molecular formula is C19H20N2O2S. The van der Waals surface area contributed by atoms with Crippen molar-refractivity contribution in [1.29, 1.82) is 0 Å². The molecule has 2 aromatic heterocycles. The molecule has 1 unspecified atom stereocenters. The summed E-state index contributed by atoms with van der Waals surface area (Å²) in [6, 6.07) is 14.0. The van der Waals surface area contributed by atoms with E-state index < -0.39 is 0 Å². The lowest BCUT2D eigenvalue weighted by molar-refractivity contribution is -0.121. The Morgan fingerprint density at radius 3 is 2.62 bits per heavy atom. The second-order valence-corrected chi connectivity index (χ2v) is 6.71. The van der Waals surface area contributed by atoms with E-state index in [2.05, 4.69) is 16.5 Å². The number of nitrogens with zero attached hydrogens (tertiary/aromatic N) is 1. The molecule has 0 fully saturated rings. The van der Waals surface area contributed by atoms with Gasteiger partial charge in [0.2, 0.25) is 5.91 Å². The van der Waals surface area contributed by atoms with Gasteiger partial charge in [-0.15, -0.1) is 11.3 Å². The van der Waals surface area contributed by atoms with Gasteiger partial charge >= 0.3 is 0 Å². The van der Waals surface area contributed by atoms with E-state index in [4.69, 9.17) is 4.52 Å². The minimum Gasteiger partial charge on any atom is -0.361 e. The van der Waals surface area contributed by atoms with Crippen LogP contribution in [0.3, 0.4) is 0 Å². The van der Waals surface area contributed by atoms with E-state index in [1.54, 1.807) is 11.3 Å². The summed E-state index contributed by atoms with van der Waals surface area (Å²) in [6.45, 7) is 3.79. The van der Waals surface area contributed by atoms with E-state index in [1.165, 1.54) is 0 Å². The predicted octanol–water partition coefficient (Wildman–Crippen LogP) is 4.19. The van der Waals surface area contributed by atoms with E-state index >= 15 is 0 Å². The van der Waals surface area contributed by atoms with Gasteiger partial charge in [-0.1, -0.05) is 41.6 Å². The molecule has 0 aliphatic rings. The van der Waals surface area contributed by atoms with Gasteiger partial charge in [0, 0.05) is 16.9 Å². The van der Waals surface area contributed by atoms with Gasteiger partial charge in [0.25, 0.3) is 0 Å². The van der Waals surface area contributed by atoms with Crippen LogP contribution in [0, 0.1) is 13.8 Å². The monoisotopic (exact) mass is 340 g/mol. The highest BCUT2D eigenvalue weighted by molar-refractivity contribution is 7.10. The Kier molecular flexibility index (Phi) is 5.11. The minimum absolute atomic E-state index is 0.0252. The molecule has 0 aliphatic carbocycles. The average Bonchev–Trinajstić information content (AvgIpc) is 3.23. The number of aromatic nitrogens is 1. The topological polar surface area (TPSA) is 55.1 Å². The molecular weight excluding hydrogens is 320 g/mol. The van der Waals surface area contributed by atoms with Gasteiger partial charge in [-0.25, -0.2) is 0 Å². The number of amides is 1. The lowest BCUT2D eigenvalue weighted by atomic mass is 10.0. The highest BCUT2D eigenvalue weighted by Crippen LogP contribution is 2.26. The molecule has 124 valence electrons. The van der Waals surface area contributed by atoms with E-state index in [0.717, 1.165) is 27.5 Å². The number of aryl methyl sites for hydroxylation is 2. The average molecular weight is 340 g/mol. The van der Waals surface area contributed by atoms with Crippen molar-refractivity contribution in [3.8, 4) is 0 Å². The summed E-state index contributed by atoms with van der Waals surface area (Å²) in [6.07, 6.45) is 1.05. The van der Waals surface area contributed by atoms with Crippen LogP contribution in [-0.2, 0) is 11.2 Å². The van der Waals surface area contributed by atoms with Gasteiger partial charge in [0.05, 0.1) is 11.7 Å². The van der Waals surface area contributed by atoms with Crippen LogP contribution in [0.15, 0.2) is 52.4 Å². The van der Waals surface area contributed by atoms with Crippen molar-refractivity contribution < 1.29 is 9.32 Å². The smallest absolute Gasteiger partial charge is 0.221 e. The summed E-state index contributed by atoms with van der Waals surface area (Å²) >= 11 is 1.65. The van der Waals surface area contributed by atoms with Gasteiger partial charge in [-0.3, -0.25) is 4.79 Å². The van der Waals surface area contributed by atoms with Crippen LogP contribution < -0.4 is 5.32 Å². The molecule has 0 saturated carbocycles. The molecule has 1 aromatic carbocycles. The Balaban J connectivity index is 1.70. The first-order valence-corrected chi connectivity index (χ1v) is 8.82. The van der Waals surface area contributed by atoms with E-state index in [-0.39, 0.29) is 11.9 Å². The number of carbonyl (C=O) groups is 1. The zero-order valence-corrected chi connectivity index (χ0v) is 14.6. The first kappa shape index (κ1) is 16.5. The Hall–Kier alpha value is -2.40. The summed E-state index contributed by atoms with van der Waals surface area (Å²) < 4.78 is 5.16. The van der Waals surface area contributed by atoms with Crippen LogP contribution in [0.4, 0.5) is 0 Å². The second kappa shape index (κ2) is 7.45. The lowest BCUT2D eigenvalue weighted by Gasteiger charge is -2.18. The maximum Gasteiger partial charge on any atom is 0.221 e. The van der Waals surface area contributed by atoms with Crippen LogP contribution in [-0.4, -0.2) is 11.1 Å². The van der Waals surface area contributed by atoms with E-state index in [0.29, 0.717) is 12.8 Å². The standard InChI is InChI=1S/C19H20N2O2S/c1-13-16(14(2)23-21-13)10-11-18(22)20-19(17-9-6-12-24-17)15-7-4-3-5-8-15/h3-9,12,19H,10-11H2,1-2H3,(H,20,22). The molecule has 1 amide bonds. The molecule has 1 atom stereocenters. The summed E-state index contributed by atoms with van der Waals surface area (Å²) in [5.74, 6) is 0.815. The van der Waals surface area contributed by atoms with Crippen molar-refractivity contribution in [3.63, 3.8) is 0 Å². The zero-order valence-electron chi connectivity index (χ0n) is 13.8. The molecule has 1 N–H and O–H groups in total. The summed E-state index contributed by atoms with van der Waals surface area (Å²) in [5, 5.41) is 9.12. The fraction of sp³-hybridized carbons (Fsp3) is 0.263. The largest absolute Gasteiger partial charge is 0.361 e. The molecule has 0 bridgehead atoms. The van der Waals surface area contributed by atoms with Crippen molar-refractivity contribution in [1.82, 2.24) is 10.5 Å². The summed E-state index contributed by atoms with van der Waals surface area (Å²) in [7, 11) is 0. The fourth-order valence-electron chi connectivity index (χ4n) is 2.75. The maximum absolute atomic E-state index is 12.5. The quantitative estimate of drug-likeness (QED) is 0.732. The van der Waals surface area contributed by atoms with Crippen molar-refractivity contribution >= 4 is 17.2 Å². The highest BCUT2D eigenvalue weighted by atomic mass is 32.1. The number of thiophene rings is 1. The summed E-state index contributed by atoms with van der Waals surface area (Å²) in [4.78, 5) is 13.6. The van der Waals surface area contributed by atoms with Gasteiger partial charge in [-0.2, -0.15) is 0 Å². The van der Waals surface area contributed by atoms with Crippen molar-refractivity contribution in [2.45, 2.75) is 32.7 Å². The zero-order chi connectivity index (χ0) is 16.9. The van der Waals surface area contributed by atoms with Crippen LogP contribution in [0.2, 0.25) is 0 Å². The SMILES string of the molecule is Cc1noc(C)c1CCC(=O)NC(c1ccccc1)c1cccs1. The molecule has 3 aromatic rings. The number of hydrogen-bond acceptors (Lipinski definition) is 4. The van der Waals surface area contributed by atoms with Crippen LogP contribution in [0.5, 0.6) is 0 Å². The van der Waals surface area contributed by atoms with Gasteiger partial charge in [0.1, 0.15) is 5.76 Å². The van der Waals surface area contributed by atoms with Gasteiger partial charge in [-0.05, 0) is 37.3 Å². The van der Waals surface area contributed by atoms with Crippen molar-refractivity contribution in [2.24, 2.45) is 0 Å². The molecule has 4 nitrogen and oxygen atoms in total. The summed E-state index contributed by atoms with van der Waals surface area (Å²) in [5.41, 5.74) is 2.97. The highest BCUT2D eigenvalue weighted by Gasteiger charge is 2.18. The number of rotatable bonds is 6. The third kappa shape index (κ3) is 3.74. The van der Waals surface area contributed by atoms with Gasteiger partial charge < -0.3 is 9.84 Å². The normalized spacial score (nSPS) is 12.1. The number of hydrogen-bond donors (Lipinski definition) is 1. The van der Waals surface area contributed by atoms with Crippen LogP contribution in [0.1, 0.15) is 39.9 Å². The molecule has 24 heavy (non-hydrogen) atoms. The Bertz CT molecular complexity index is 775. The Morgan fingerprint density at radius 1 is 1.21 bits per heavy atom. The first-order chi connectivity index (χ1) is 11.6. The first-order valence-electron chi connectivity index (χ1n) is 7.94. The van der Waals surface area contributed by atoms with Crippen LogP contribution in [0.25, 0.3) is 0 Å². The van der Waals surface area contributed by atoms with Crippen molar-refractivity contribution in [3.05, 3.63) is 75.3 Å². The van der Waals surface area contributed by atoms with E-state index in [1.807, 2.05) is 55.6 Å². The molecule has 2 heterocycles. The fourth-order valence-corrected chi connectivity index (χ4v) is 3.55. The maximum atomic E-state index is 12.5. The third-order valence-corrected chi connectivity index (χ3v) is 4.99. The minimum atomic E-state index is -0.108. The molecule has 0 saturated heterocycles. The molecule has 5 heteroatoms.